The fourth-order valence-corrected chi connectivity index (χ4v) is 3.76. The number of esters is 1. The molecule has 3 nitrogen and oxygen atoms in total. The van der Waals surface area contributed by atoms with Gasteiger partial charge in [0.2, 0.25) is 0 Å². The fourth-order valence-electron chi connectivity index (χ4n) is 3.76. The first-order valence-corrected chi connectivity index (χ1v) is 10.9. The first-order chi connectivity index (χ1) is 14.8. The van der Waals surface area contributed by atoms with Gasteiger partial charge in [0.15, 0.2) is 0 Å². The minimum absolute atomic E-state index is 0.0771. The van der Waals surface area contributed by atoms with Crippen LogP contribution in [0.4, 0.5) is 13.2 Å². The second-order valence-corrected chi connectivity index (χ2v) is 7.96. The van der Waals surface area contributed by atoms with Crippen LogP contribution < -0.4 is 0 Å². The van der Waals surface area contributed by atoms with Crippen LogP contribution in [0.3, 0.4) is 0 Å². The quantitative estimate of drug-likeness (QED) is 0.305. The highest BCUT2D eigenvalue weighted by Crippen LogP contribution is 2.35. The lowest BCUT2D eigenvalue weighted by atomic mass is 9.87. The number of ether oxygens (including phenoxy) is 1. The summed E-state index contributed by atoms with van der Waals surface area (Å²) < 4.78 is 44.8. The second-order valence-electron chi connectivity index (χ2n) is 7.96. The minimum atomic E-state index is -4.41. The van der Waals surface area contributed by atoms with Gasteiger partial charge in [-0.15, -0.1) is 0 Å². The molecule has 2 rings (SSSR count). The number of allylic oxidation sites excluding steroid dienone is 3. The number of carbonyl (C=O) groups is 1. The third-order valence-corrected chi connectivity index (χ3v) is 5.68. The molecule has 1 atom stereocenters. The maximum absolute atomic E-state index is 13.1. The van der Waals surface area contributed by atoms with E-state index in [9.17, 15) is 23.2 Å². The molecule has 1 aromatic carbocycles. The molecule has 1 aliphatic rings. The normalized spacial score (nSPS) is 16.8. The van der Waals surface area contributed by atoms with Crippen molar-refractivity contribution in [3.63, 3.8) is 0 Å². The number of hydrogen-bond acceptors (Lipinski definition) is 3. The Kier molecular flexibility index (Phi) is 9.36. The Hall–Kier alpha value is -2.55. The monoisotopic (exact) mass is 433 g/mol. The molecule has 1 aliphatic carbocycles. The van der Waals surface area contributed by atoms with Gasteiger partial charge in [0.1, 0.15) is 0 Å². The third kappa shape index (κ3) is 7.27. The summed E-state index contributed by atoms with van der Waals surface area (Å²) in [6, 6.07) is 7.25. The highest BCUT2D eigenvalue weighted by Gasteiger charge is 2.30. The molecule has 0 aromatic heterocycles. The van der Waals surface area contributed by atoms with Gasteiger partial charge in [-0.3, -0.25) is 0 Å². The molecule has 168 valence electrons. The zero-order chi connectivity index (χ0) is 22.9. The van der Waals surface area contributed by atoms with Gasteiger partial charge in [-0.05, 0) is 60.4 Å². The van der Waals surface area contributed by atoms with E-state index in [2.05, 4.69) is 13.8 Å². The number of nitrogens with zero attached hydrogens (tertiary/aromatic N) is 1. The molecular weight excluding hydrogens is 403 g/mol. The standard InChI is InChI=1S/C25H30F3NO2/c1-3-5-8-18(4-2)17-31-24(30)23(13-14-29)21-11-6-9-19(15-21)20-10-7-12-22(16-20)25(26,27)28/h7,10,12,15-16,18H,3-6,8-9,11,13,17H2,1-2H3/b23-21+. The van der Waals surface area contributed by atoms with Crippen molar-refractivity contribution < 1.29 is 22.7 Å². The summed E-state index contributed by atoms with van der Waals surface area (Å²) in [6.07, 6.45) is 3.26. The number of rotatable bonds is 9. The predicted molar refractivity (Wildman–Crippen MR) is 115 cm³/mol. The molecule has 0 radical (unpaired) electrons. The number of halogens is 3. The van der Waals surface area contributed by atoms with Gasteiger partial charge in [-0.2, -0.15) is 18.4 Å². The molecule has 1 aromatic rings. The summed E-state index contributed by atoms with van der Waals surface area (Å²) in [7, 11) is 0. The third-order valence-electron chi connectivity index (χ3n) is 5.68. The summed E-state index contributed by atoms with van der Waals surface area (Å²) >= 11 is 0. The first kappa shape index (κ1) is 24.7. The van der Waals surface area contributed by atoms with E-state index in [-0.39, 0.29) is 6.42 Å². The topological polar surface area (TPSA) is 50.1 Å². The smallest absolute Gasteiger partial charge is 0.416 e. The van der Waals surface area contributed by atoms with E-state index in [0.29, 0.717) is 48.5 Å². The maximum Gasteiger partial charge on any atom is 0.416 e. The van der Waals surface area contributed by atoms with Crippen molar-refractivity contribution in [1.29, 1.82) is 5.26 Å². The number of nitriles is 1. The molecule has 0 heterocycles. The lowest BCUT2D eigenvalue weighted by molar-refractivity contribution is -0.140. The van der Waals surface area contributed by atoms with Crippen molar-refractivity contribution in [2.45, 2.75) is 71.4 Å². The Labute approximate surface area is 182 Å². The van der Waals surface area contributed by atoms with Gasteiger partial charge in [0, 0.05) is 0 Å². The molecule has 0 aliphatic heterocycles. The van der Waals surface area contributed by atoms with Crippen molar-refractivity contribution in [3.8, 4) is 6.07 Å². The van der Waals surface area contributed by atoms with Gasteiger partial charge in [-0.1, -0.05) is 51.3 Å². The van der Waals surface area contributed by atoms with Crippen LogP contribution in [-0.2, 0) is 15.7 Å². The van der Waals surface area contributed by atoms with Crippen LogP contribution in [-0.4, -0.2) is 12.6 Å². The van der Waals surface area contributed by atoms with E-state index in [4.69, 9.17) is 4.74 Å². The van der Waals surface area contributed by atoms with Crippen molar-refractivity contribution in [2.75, 3.05) is 6.61 Å². The maximum atomic E-state index is 13.1. The number of alkyl halides is 3. The van der Waals surface area contributed by atoms with E-state index in [1.807, 2.05) is 6.07 Å². The zero-order valence-corrected chi connectivity index (χ0v) is 18.2. The summed E-state index contributed by atoms with van der Waals surface area (Å²) in [5, 5.41) is 9.23. The lowest BCUT2D eigenvalue weighted by Gasteiger charge is -2.20. The van der Waals surface area contributed by atoms with Gasteiger partial charge >= 0.3 is 12.1 Å². The van der Waals surface area contributed by atoms with Crippen LogP contribution in [0, 0.1) is 17.2 Å². The van der Waals surface area contributed by atoms with Crippen molar-refractivity contribution in [2.24, 2.45) is 5.92 Å². The van der Waals surface area contributed by atoms with Crippen molar-refractivity contribution in [1.82, 2.24) is 0 Å². The minimum Gasteiger partial charge on any atom is -0.462 e. The molecule has 0 bridgehead atoms. The Balaban J connectivity index is 2.27. The second kappa shape index (κ2) is 11.7. The molecule has 0 saturated heterocycles. The van der Waals surface area contributed by atoms with E-state index in [1.165, 1.54) is 6.07 Å². The van der Waals surface area contributed by atoms with Gasteiger partial charge < -0.3 is 4.74 Å². The molecule has 1 unspecified atom stereocenters. The molecule has 0 N–H and O–H groups in total. The number of unbranched alkanes of at least 4 members (excludes halogenated alkanes) is 1. The van der Waals surface area contributed by atoms with Crippen LogP contribution in [0.2, 0.25) is 0 Å². The highest BCUT2D eigenvalue weighted by molar-refractivity contribution is 5.91. The summed E-state index contributed by atoms with van der Waals surface area (Å²) in [6.45, 7) is 4.50. The van der Waals surface area contributed by atoms with Crippen LogP contribution in [0.5, 0.6) is 0 Å². The van der Waals surface area contributed by atoms with E-state index in [0.717, 1.165) is 43.4 Å². The van der Waals surface area contributed by atoms with Gasteiger partial charge in [-0.25, -0.2) is 4.79 Å². The molecule has 31 heavy (non-hydrogen) atoms. The Bertz CT molecular complexity index is 862. The highest BCUT2D eigenvalue weighted by atomic mass is 19.4. The molecular formula is C25H30F3NO2. The van der Waals surface area contributed by atoms with Crippen molar-refractivity contribution in [3.05, 3.63) is 52.6 Å². The Morgan fingerprint density at radius 3 is 2.68 bits per heavy atom. The van der Waals surface area contributed by atoms with E-state index < -0.39 is 17.7 Å². The molecule has 0 spiro atoms. The van der Waals surface area contributed by atoms with Crippen LogP contribution in [0.1, 0.15) is 76.3 Å². The summed E-state index contributed by atoms with van der Waals surface area (Å²) in [4.78, 5) is 12.7. The average Bonchev–Trinajstić information content (AvgIpc) is 2.77. The van der Waals surface area contributed by atoms with Crippen LogP contribution in [0.25, 0.3) is 5.57 Å². The average molecular weight is 434 g/mol. The molecule has 0 fully saturated rings. The van der Waals surface area contributed by atoms with Crippen molar-refractivity contribution >= 4 is 11.5 Å². The lowest BCUT2D eigenvalue weighted by Crippen LogP contribution is -2.17. The number of hydrogen-bond donors (Lipinski definition) is 0. The van der Waals surface area contributed by atoms with Gasteiger partial charge in [0.25, 0.3) is 0 Å². The fraction of sp³-hybridized carbons (Fsp3) is 0.520. The zero-order valence-electron chi connectivity index (χ0n) is 18.2. The molecule has 0 amide bonds. The summed E-state index contributed by atoms with van der Waals surface area (Å²) in [5.74, 6) is -0.201. The molecule has 6 heteroatoms. The Morgan fingerprint density at radius 1 is 1.26 bits per heavy atom. The van der Waals surface area contributed by atoms with E-state index in [1.54, 1.807) is 12.1 Å². The SMILES string of the molecule is CCCCC(CC)COC(=O)/C(CC#N)=C1/C=C(c2cccc(C(F)(F)F)c2)CCC1. The van der Waals surface area contributed by atoms with Crippen LogP contribution >= 0.6 is 0 Å². The summed E-state index contributed by atoms with van der Waals surface area (Å²) in [5.41, 5.74) is 1.53. The van der Waals surface area contributed by atoms with Crippen LogP contribution in [0.15, 0.2) is 41.5 Å². The Morgan fingerprint density at radius 2 is 2.03 bits per heavy atom. The number of benzene rings is 1. The number of carbonyl (C=O) groups excluding carboxylic acids is 1. The largest absolute Gasteiger partial charge is 0.462 e. The predicted octanol–water partition coefficient (Wildman–Crippen LogP) is 7.24. The first-order valence-electron chi connectivity index (χ1n) is 10.9. The molecule has 0 saturated carbocycles. The van der Waals surface area contributed by atoms with Gasteiger partial charge in [0.05, 0.1) is 30.2 Å². The van der Waals surface area contributed by atoms with E-state index >= 15 is 0 Å².